The van der Waals surface area contributed by atoms with Crippen LogP contribution in [-0.2, 0) is 0 Å². The fourth-order valence-electron chi connectivity index (χ4n) is 3.35. The Morgan fingerprint density at radius 1 is 0.952 bits per heavy atom. The summed E-state index contributed by atoms with van der Waals surface area (Å²) < 4.78 is 0. The normalized spacial score (nSPS) is 18.6. The van der Waals surface area contributed by atoms with Gasteiger partial charge in [-0.3, -0.25) is 0 Å². The highest BCUT2D eigenvalue weighted by Crippen LogP contribution is 2.67. The molecule has 1 aliphatic rings. The van der Waals surface area contributed by atoms with Gasteiger partial charge in [-0.05, 0) is 48.6 Å². The second kappa shape index (κ2) is 6.02. The Hall–Kier alpha value is -0.980. The number of phenolic OH excluding ortho intramolecular Hbond substituents is 1. The van der Waals surface area contributed by atoms with Crippen LogP contribution in [0.3, 0.4) is 0 Å². The van der Waals surface area contributed by atoms with Gasteiger partial charge in [-0.2, -0.15) is 12.2 Å². The number of aromatic hydroxyl groups is 1. The molecule has 0 bridgehead atoms. The summed E-state index contributed by atoms with van der Waals surface area (Å²) in [6.07, 6.45) is 5.11. The molecule has 1 radical (unpaired) electrons. The molecule has 1 saturated heterocycles. The summed E-state index contributed by atoms with van der Waals surface area (Å²) in [6.45, 7) is 0.898. The van der Waals surface area contributed by atoms with Gasteiger partial charge in [0.25, 0.3) is 0 Å². The van der Waals surface area contributed by atoms with Crippen LogP contribution in [-0.4, -0.2) is 17.4 Å². The largest absolute Gasteiger partial charge is 0.508 e. The van der Waals surface area contributed by atoms with Crippen molar-refractivity contribution in [1.29, 1.82) is 0 Å². The second-order valence-corrected chi connectivity index (χ2v) is 11.4. The summed E-state index contributed by atoms with van der Waals surface area (Å²) in [5.74, 6) is 0.588. The quantitative estimate of drug-likeness (QED) is 0.614. The van der Waals surface area contributed by atoms with Crippen molar-refractivity contribution in [3.05, 3.63) is 59.7 Å². The highest BCUT2D eigenvalue weighted by atomic mass is 32.7. The fourth-order valence-corrected chi connectivity index (χ4v) is 8.06. The third kappa shape index (κ3) is 2.84. The minimum Gasteiger partial charge on any atom is -0.508 e. The van der Waals surface area contributed by atoms with Crippen molar-refractivity contribution in [2.45, 2.75) is 25.7 Å². The molecule has 0 amide bonds. The van der Waals surface area contributed by atoms with Gasteiger partial charge in [0.1, 0.15) is 5.75 Å². The van der Waals surface area contributed by atoms with Gasteiger partial charge >= 0.3 is 0 Å². The molecule has 3 heteroatoms. The fraction of sp³-hybridized carbons (Fsp3) is 0.333. The molecule has 0 spiro atoms. The molecule has 1 atom stereocenters. The molecule has 1 fully saturated rings. The van der Waals surface area contributed by atoms with Gasteiger partial charge in [0.05, 0.1) is 0 Å². The summed E-state index contributed by atoms with van der Waals surface area (Å²) in [6, 6.07) is 16.4. The molecule has 2 aromatic carbocycles. The van der Waals surface area contributed by atoms with Gasteiger partial charge in [-0.1, -0.05) is 49.4 Å². The molecule has 3 rings (SSSR count). The van der Waals surface area contributed by atoms with Crippen molar-refractivity contribution >= 4 is 24.0 Å². The Kier molecular flexibility index (Phi) is 4.28. The smallest absolute Gasteiger partial charge is 0.119 e. The van der Waals surface area contributed by atoms with Crippen LogP contribution in [0, 0.1) is 0 Å². The maximum atomic E-state index is 10.2. The van der Waals surface area contributed by atoms with Crippen LogP contribution in [0.4, 0.5) is 0 Å². The van der Waals surface area contributed by atoms with Crippen LogP contribution in [0.2, 0.25) is 0 Å². The summed E-state index contributed by atoms with van der Waals surface area (Å²) >= 11 is 5.12. The van der Waals surface area contributed by atoms with E-state index in [-0.39, 0.29) is 5.92 Å². The third-order valence-electron chi connectivity index (χ3n) is 4.56. The molecule has 1 unspecified atom stereocenters. The number of para-hydroxylation sites is 1. The molecule has 1 N–H and O–H groups in total. The zero-order valence-corrected chi connectivity index (χ0v) is 14.2. The predicted molar refractivity (Wildman–Crippen MR) is 96.6 cm³/mol. The van der Waals surface area contributed by atoms with E-state index in [1.54, 1.807) is 6.07 Å². The highest BCUT2D eigenvalue weighted by Gasteiger charge is 2.32. The van der Waals surface area contributed by atoms with Crippen molar-refractivity contribution in [1.82, 2.24) is 0 Å². The van der Waals surface area contributed by atoms with E-state index < -0.39 is 6.46 Å². The standard InChI is InChI=1S/C18H22OPS/c1-14(15-8-2-4-10-17(15)19)16-9-3-5-11-18(16)20(21)12-6-7-13-20/h2-5,8-11,14,19,21H,6-7,12-13H2,1H3. The number of phenols is 1. The molecule has 0 aliphatic carbocycles. The van der Waals surface area contributed by atoms with Crippen LogP contribution in [0.5, 0.6) is 5.75 Å². The van der Waals surface area contributed by atoms with E-state index in [2.05, 4.69) is 31.2 Å². The van der Waals surface area contributed by atoms with E-state index >= 15 is 0 Å². The van der Waals surface area contributed by atoms with Crippen molar-refractivity contribution < 1.29 is 5.11 Å². The third-order valence-corrected chi connectivity index (χ3v) is 9.82. The average molecular weight is 317 g/mol. The van der Waals surface area contributed by atoms with E-state index in [0.29, 0.717) is 5.75 Å². The van der Waals surface area contributed by atoms with Gasteiger partial charge in [0.15, 0.2) is 0 Å². The summed E-state index contributed by atoms with van der Waals surface area (Å²) in [5, 5.41) is 11.6. The summed E-state index contributed by atoms with van der Waals surface area (Å²) in [5.41, 5.74) is 2.34. The van der Waals surface area contributed by atoms with Crippen LogP contribution < -0.4 is 5.30 Å². The minimum atomic E-state index is -1.29. The SMILES string of the molecule is CC(c1ccccc1O)c1ccccc1[P]1(S)CCCC1. The van der Waals surface area contributed by atoms with Gasteiger partial charge in [0, 0.05) is 11.5 Å². The van der Waals surface area contributed by atoms with Crippen molar-refractivity contribution in [2.75, 3.05) is 12.3 Å². The molecular formula is C18H22OPS. The Labute approximate surface area is 132 Å². The maximum Gasteiger partial charge on any atom is 0.119 e. The first-order chi connectivity index (χ1) is 10.1. The molecular weight excluding hydrogens is 295 g/mol. The maximum absolute atomic E-state index is 10.2. The predicted octanol–water partition coefficient (Wildman–Crippen LogP) is 4.83. The first-order valence-electron chi connectivity index (χ1n) is 7.59. The lowest BCUT2D eigenvalue weighted by Gasteiger charge is -2.30. The zero-order chi connectivity index (χ0) is 14.9. The number of hydrogen-bond donors (Lipinski definition) is 2. The first kappa shape index (κ1) is 14.9. The Morgan fingerprint density at radius 2 is 1.52 bits per heavy atom. The van der Waals surface area contributed by atoms with E-state index in [1.807, 2.05) is 18.2 Å². The molecule has 21 heavy (non-hydrogen) atoms. The van der Waals surface area contributed by atoms with Crippen LogP contribution >= 0.6 is 18.7 Å². The van der Waals surface area contributed by atoms with Crippen LogP contribution in [0.25, 0.3) is 0 Å². The average Bonchev–Trinajstić information content (AvgIpc) is 2.95. The van der Waals surface area contributed by atoms with E-state index in [0.717, 1.165) is 5.56 Å². The lowest BCUT2D eigenvalue weighted by molar-refractivity contribution is 0.466. The minimum absolute atomic E-state index is 0.201. The van der Waals surface area contributed by atoms with E-state index in [1.165, 1.54) is 36.0 Å². The van der Waals surface area contributed by atoms with Gasteiger partial charge in [0.2, 0.25) is 0 Å². The van der Waals surface area contributed by atoms with Crippen molar-refractivity contribution in [3.63, 3.8) is 0 Å². The zero-order valence-electron chi connectivity index (χ0n) is 12.4. The highest BCUT2D eigenvalue weighted by molar-refractivity contribution is 8.55. The number of thiol groups is 1. The molecule has 0 aromatic heterocycles. The number of hydrogen-bond acceptors (Lipinski definition) is 2. The Balaban J connectivity index is 2.05. The van der Waals surface area contributed by atoms with Gasteiger partial charge in [-0.25, -0.2) is 0 Å². The molecule has 1 heterocycles. The lowest BCUT2D eigenvalue weighted by Crippen LogP contribution is -2.17. The number of rotatable bonds is 3. The second-order valence-electron chi connectivity index (χ2n) is 5.92. The van der Waals surface area contributed by atoms with Gasteiger partial charge in [-0.15, -0.1) is 0 Å². The summed E-state index contributed by atoms with van der Waals surface area (Å²) in [7, 11) is 0. The molecule has 2 aromatic rings. The Bertz CT molecular complexity index is 635. The van der Waals surface area contributed by atoms with Gasteiger partial charge < -0.3 is 5.11 Å². The number of benzene rings is 2. The Morgan fingerprint density at radius 3 is 2.19 bits per heavy atom. The van der Waals surface area contributed by atoms with Crippen molar-refractivity contribution in [3.8, 4) is 5.75 Å². The van der Waals surface area contributed by atoms with E-state index in [4.69, 9.17) is 12.2 Å². The topological polar surface area (TPSA) is 20.2 Å². The van der Waals surface area contributed by atoms with Crippen LogP contribution in [0.15, 0.2) is 48.5 Å². The first-order valence-corrected chi connectivity index (χ1v) is 10.9. The van der Waals surface area contributed by atoms with E-state index in [9.17, 15) is 5.11 Å². The molecule has 1 aliphatic heterocycles. The molecule has 0 saturated carbocycles. The molecule has 111 valence electrons. The monoisotopic (exact) mass is 317 g/mol. The van der Waals surface area contributed by atoms with Crippen LogP contribution in [0.1, 0.15) is 36.8 Å². The summed E-state index contributed by atoms with van der Waals surface area (Å²) in [4.78, 5) is 0. The lowest BCUT2D eigenvalue weighted by atomic mass is 9.92. The molecule has 1 nitrogen and oxygen atoms in total. The van der Waals surface area contributed by atoms with Crippen molar-refractivity contribution in [2.24, 2.45) is 0 Å².